The molecule has 1 atom stereocenters. The van der Waals surface area contributed by atoms with Gasteiger partial charge in [0.05, 0.1) is 0 Å². The predicted octanol–water partition coefficient (Wildman–Crippen LogP) is 18.4. The molecular formula is C64H96O6. The smallest absolute Gasteiger partial charge is 0.306 e. The molecule has 0 saturated carbocycles. The Bertz CT molecular complexity index is 1670. The van der Waals surface area contributed by atoms with E-state index in [-0.39, 0.29) is 38.0 Å². The van der Waals surface area contributed by atoms with Crippen molar-refractivity contribution >= 4 is 17.9 Å². The normalized spacial score (nSPS) is 13.5. The van der Waals surface area contributed by atoms with Crippen molar-refractivity contribution in [1.82, 2.24) is 0 Å². The number of carbonyl (C=O) groups excluding carboxylic acids is 3. The highest BCUT2D eigenvalue weighted by Crippen LogP contribution is 2.11. The van der Waals surface area contributed by atoms with Crippen molar-refractivity contribution in [1.29, 1.82) is 0 Å². The standard InChI is InChI=1S/C64H96O6/c1-4-7-10-13-16-19-22-25-28-31-32-34-36-39-42-45-48-51-54-57-63(66)69-60-61(59-68-62(65)56-53-50-47-44-41-38-35-30-27-24-21-18-15-12-9-6-3)70-64(67)58-55-52-49-46-43-40-37-33-29-26-23-20-17-14-11-8-5-2/h7-8,10-11,13,16-17,19-20,22,25-26,28-32,34-42,46,49,61H,4-6,9,12,14-15,18,21,23-24,27,33,43-45,47-48,50-60H2,1-3H3/b10-7-,11-8-,16-13-,20-17-,22-19-,28-25-,29-26-,32-31+,35-30-,36-34-,40-37-,41-38-,42-39-,49-46-. The van der Waals surface area contributed by atoms with E-state index in [4.69, 9.17) is 14.2 Å². The minimum Gasteiger partial charge on any atom is -0.462 e. The van der Waals surface area contributed by atoms with Crippen LogP contribution in [0, 0.1) is 0 Å². The van der Waals surface area contributed by atoms with Gasteiger partial charge in [0.15, 0.2) is 6.10 Å². The molecule has 1 unspecified atom stereocenters. The molecule has 0 aromatic heterocycles. The lowest BCUT2D eigenvalue weighted by molar-refractivity contribution is -0.167. The zero-order valence-electron chi connectivity index (χ0n) is 44.2. The Hall–Kier alpha value is -5.23. The number of hydrogen-bond acceptors (Lipinski definition) is 6. The molecule has 6 heteroatoms. The molecule has 0 aromatic rings. The van der Waals surface area contributed by atoms with Gasteiger partial charge >= 0.3 is 17.9 Å². The fourth-order valence-electron chi connectivity index (χ4n) is 6.63. The van der Waals surface area contributed by atoms with Gasteiger partial charge in [0.2, 0.25) is 0 Å². The number of rotatable bonds is 46. The highest BCUT2D eigenvalue weighted by Gasteiger charge is 2.19. The van der Waals surface area contributed by atoms with Gasteiger partial charge in [-0.15, -0.1) is 0 Å². The van der Waals surface area contributed by atoms with E-state index in [9.17, 15) is 14.4 Å². The molecule has 0 saturated heterocycles. The van der Waals surface area contributed by atoms with Gasteiger partial charge in [0.25, 0.3) is 0 Å². The number of ether oxygens (including phenoxy) is 3. The first-order valence-corrected chi connectivity index (χ1v) is 27.3. The maximum atomic E-state index is 12.8. The van der Waals surface area contributed by atoms with Gasteiger partial charge in [-0.3, -0.25) is 14.4 Å². The summed E-state index contributed by atoms with van der Waals surface area (Å²) in [5.74, 6) is -1.08. The van der Waals surface area contributed by atoms with Crippen molar-refractivity contribution in [2.45, 2.75) is 200 Å². The van der Waals surface area contributed by atoms with E-state index < -0.39 is 12.1 Å². The van der Waals surface area contributed by atoms with E-state index in [2.05, 4.69) is 118 Å². The molecular weight excluding hydrogens is 865 g/mol. The van der Waals surface area contributed by atoms with Crippen LogP contribution in [0.3, 0.4) is 0 Å². The Morgan fingerprint density at radius 3 is 1.09 bits per heavy atom. The summed E-state index contributed by atoms with van der Waals surface area (Å²) in [5.41, 5.74) is 0. The Labute approximate surface area is 428 Å². The Balaban J connectivity index is 4.67. The fraction of sp³-hybridized carbons (Fsp3) is 0.516. The summed E-state index contributed by atoms with van der Waals surface area (Å²) in [5, 5.41) is 0. The number of esters is 3. The van der Waals surface area contributed by atoms with Crippen LogP contribution in [0.2, 0.25) is 0 Å². The van der Waals surface area contributed by atoms with Crippen LogP contribution in [-0.2, 0) is 28.6 Å². The van der Waals surface area contributed by atoms with E-state index in [0.29, 0.717) is 19.3 Å². The molecule has 0 N–H and O–H groups in total. The molecule has 0 aromatic carbocycles. The Morgan fingerprint density at radius 2 is 0.643 bits per heavy atom. The number of allylic oxidation sites excluding steroid dienone is 28. The SMILES string of the molecule is CC\C=C/C=C\C=C/C=C\C=C\C=C/C=C\CCCCCC(=O)OCC(COC(=O)CCCCC/C=C\C=C/CCCCCCCCC)OC(=O)CCC/C=C\C/C=C\C/C=C\C/C=C\C/C=C\CC. The van der Waals surface area contributed by atoms with Crippen LogP contribution in [0.15, 0.2) is 170 Å². The summed E-state index contributed by atoms with van der Waals surface area (Å²) in [6.07, 6.45) is 83.4. The summed E-state index contributed by atoms with van der Waals surface area (Å²) in [4.78, 5) is 38.1. The van der Waals surface area contributed by atoms with Crippen molar-refractivity contribution in [2.24, 2.45) is 0 Å². The highest BCUT2D eigenvalue weighted by molar-refractivity contribution is 5.71. The predicted molar refractivity (Wildman–Crippen MR) is 301 cm³/mol. The molecule has 0 fully saturated rings. The number of hydrogen-bond donors (Lipinski definition) is 0. The number of unbranched alkanes of at least 4 members (excludes halogenated alkanes) is 14. The van der Waals surface area contributed by atoms with Crippen LogP contribution in [-0.4, -0.2) is 37.2 Å². The molecule has 0 heterocycles. The van der Waals surface area contributed by atoms with Crippen LogP contribution in [0.5, 0.6) is 0 Å². The first-order chi connectivity index (χ1) is 34.5. The molecule has 0 amide bonds. The maximum absolute atomic E-state index is 12.8. The average Bonchev–Trinajstić information content (AvgIpc) is 3.36. The third-order valence-corrected chi connectivity index (χ3v) is 10.7. The molecule has 0 spiro atoms. The highest BCUT2D eigenvalue weighted by atomic mass is 16.6. The molecule has 0 radical (unpaired) electrons. The summed E-state index contributed by atoms with van der Waals surface area (Å²) in [7, 11) is 0. The summed E-state index contributed by atoms with van der Waals surface area (Å²) in [6.45, 7) is 6.24. The lowest BCUT2D eigenvalue weighted by Crippen LogP contribution is -2.30. The van der Waals surface area contributed by atoms with E-state index in [1.54, 1.807) is 0 Å². The second-order valence-corrected chi connectivity index (χ2v) is 17.2. The van der Waals surface area contributed by atoms with Crippen molar-refractivity contribution in [3.8, 4) is 0 Å². The van der Waals surface area contributed by atoms with Crippen LogP contribution in [0.25, 0.3) is 0 Å². The second-order valence-electron chi connectivity index (χ2n) is 17.2. The lowest BCUT2D eigenvalue weighted by Gasteiger charge is -2.18. The van der Waals surface area contributed by atoms with Gasteiger partial charge in [-0.2, -0.15) is 0 Å². The molecule has 0 aliphatic rings. The minimum absolute atomic E-state index is 0.138. The molecule has 0 bridgehead atoms. The first kappa shape index (κ1) is 64.8. The van der Waals surface area contributed by atoms with E-state index in [1.165, 1.54) is 44.9 Å². The van der Waals surface area contributed by atoms with Crippen LogP contribution >= 0.6 is 0 Å². The molecule has 0 aliphatic carbocycles. The minimum atomic E-state index is -0.848. The topological polar surface area (TPSA) is 78.9 Å². The molecule has 0 rings (SSSR count). The number of carbonyl (C=O) groups is 3. The van der Waals surface area contributed by atoms with Gasteiger partial charge in [-0.1, -0.05) is 242 Å². The van der Waals surface area contributed by atoms with Gasteiger partial charge in [0.1, 0.15) is 13.2 Å². The molecule has 0 aliphatic heterocycles. The quantitative estimate of drug-likeness (QED) is 0.0199. The van der Waals surface area contributed by atoms with E-state index >= 15 is 0 Å². The van der Waals surface area contributed by atoms with Gasteiger partial charge in [-0.25, -0.2) is 0 Å². The zero-order valence-corrected chi connectivity index (χ0v) is 44.2. The first-order valence-electron chi connectivity index (χ1n) is 27.3. The van der Waals surface area contributed by atoms with E-state index in [0.717, 1.165) is 96.3 Å². The van der Waals surface area contributed by atoms with Gasteiger partial charge in [-0.05, 0) is 103 Å². The van der Waals surface area contributed by atoms with Crippen LogP contribution in [0.1, 0.15) is 194 Å². The average molecular weight is 961 g/mol. The lowest BCUT2D eigenvalue weighted by atomic mass is 10.1. The van der Waals surface area contributed by atoms with Crippen molar-refractivity contribution in [3.05, 3.63) is 170 Å². The summed E-state index contributed by atoms with van der Waals surface area (Å²) < 4.78 is 16.7. The Kier molecular flexibility index (Phi) is 52.1. The second kappa shape index (κ2) is 56.4. The van der Waals surface area contributed by atoms with Crippen molar-refractivity contribution in [3.63, 3.8) is 0 Å². The Morgan fingerprint density at radius 1 is 0.314 bits per heavy atom. The third kappa shape index (κ3) is 53.7. The third-order valence-electron chi connectivity index (χ3n) is 10.7. The molecule has 70 heavy (non-hydrogen) atoms. The largest absolute Gasteiger partial charge is 0.462 e. The summed E-state index contributed by atoms with van der Waals surface area (Å²) >= 11 is 0. The van der Waals surface area contributed by atoms with Crippen molar-refractivity contribution in [2.75, 3.05) is 13.2 Å². The van der Waals surface area contributed by atoms with Crippen LogP contribution < -0.4 is 0 Å². The monoisotopic (exact) mass is 961 g/mol. The van der Waals surface area contributed by atoms with Crippen LogP contribution in [0.4, 0.5) is 0 Å². The van der Waals surface area contributed by atoms with Crippen molar-refractivity contribution < 1.29 is 28.6 Å². The molecule has 6 nitrogen and oxygen atoms in total. The van der Waals surface area contributed by atoms with Gasteiger partial charge in [0, 0.05) is 19.3 Å². The van der Waals surface area contributed by atoms with E-state index in [1.807, 2.05) is 72.9 Å². The zero-order chi connectivity index (χ0) is 50.7. The van der Waals surface area contributed by atoms with Gasteiger partial charge < -0.3 is 14.2 Å². The fourth-order valence-corrected chi connectivity index (χ4v) is 6.63. The molecule has 388 valence electrons. The summed E-state index contributed by atoms with van der Waals surface area (Å²) in [6, 6.07) is 0. The maximum Gasteiger partial charge on any atom is 0.306 e.